The number of amides is 1. The van der Waals surface area contributed by atoms with Gasteiger partial charge in [0.1, 0.15) is 12.4 Å². The first-order chi connectivity index (χ1) is 9.71. The van der Waals surface area contributed by atoms with Crippen LogP contribution >= 0.6 is 0 Å². The highest BCUT2D eigenvalue weighted by molar-refractivity contribution is 7.89. The van der Waals surface area contributed by atoms with Gasteiger partial charge in [-0.2, -0.15) is 0 Å². The Bertz CT molecular complexity index is 587. The third-order valence-electron chi connectivity index (χ3n) is 2.65. The lowest BCUT2D eigenvalue weighted by Crippen LogP contribution is -2.45. The molecule has 1 aromatic carbocycles. The van der Waals surface area contributed by atoms with Crippen LogP contribution in [0.5, 0.6) is 5.75 Å². The number of rotatable bonds is 7. The smallest absolute Gasteiger partial charge is 0.239 e. The number of ether oxygens (including phenoxy) is 1. The summed E-state index contributed by atoms with van der Waals surface area (Å²) in [5.41, 5.74) is 6.13. The van der Waals surface area contributed by atoms with Crippen molar-refractivity contribution in [3.63, 3.8) is 0 Å². The molecule has 1 rings (SSSR count). The molecule has 118 valence electrons. The number of carbonyl (C=O) groups is 1. The van der Waals surface area contributed by atoms with Gasteiger partial charge in [0.15, 0.2) is 0 Å². The monoisotopic (exact) mass is 315 g/mol. The highest BCUT2D eigenvalue weighted by Gasteiger charge is 2.21. The third kappa shape index (κ3) is 6.01. The van der Waals surface area contributed by atoms with Gasteiger partial charge in [-0.15, -0.1) is 0 Å². The number of nitrogens with two attached hydrogens (primary N) is 1. The fourth-order valence-electron chi connectivity index (χ4n) is 1.64. The normalized spacial score (nSPS) is 12.7. The lowest BCUT2D eigenvalue weighted by atomic mass is 10.3. The van der Waals surface area contributed by atoms with Gasteiger partial charge in [0, 0.05) is 25.8 Å². The van der Waals surface area contributed by atoms with Crippen molar-refractivity contribution in [3.05, 3.63) is 24.3 Å². The fraction of sp³-hybridized carbons (Fsp3) is 0.462. The van der Waals surface area contributed by atoms with E-state index in [4.69, 9.17) is 10.5 Å². The van der Waals surface area contributed by atoms with Gasteiger partial charge >= 0.3 is 0 Å². The summed E-state index contributed by atoms with van der Waals surface area (Å²) >= 11 is 0. The average Bonchev–Trinajstić information content (AvgIpc) is 2.36. The van der Waals surface area contributed by atoms with Crippen LogP contribution in [0.4, 0.5) is 5.69 Å². The van der Waals surface area contributed by atoms with Crippen LogP contribution in [0.15, 0.2) is 24.3 Å². The zero-order valence-corrected chi connectivity index (χ0v) is 13.2. The van der Waals surface area contributed by atoms with Crippen molar-refractivity contribution in [1.82, 2.24) is 9.62 Å². The molecule has 1 atom stereocenters. The van der Waals surface area contributed by atoms with Crippen LogP contribution in [0, 0.1) is 0 Å². The first kappa shape index (κ1) is 17.3. The van der Waals surface area contributed by atoms with Crippen molar-refractivity contribution in [2.24, 2.45) is 0 Å². The predicted molar refractivity (Wildman–Crippen MR) is 81.4 cm³/mol. The van der Waals surface area contributed by atoms with Gasteiger partial charge in [0.2, 0.25) is 15.9 Å². The number of hydrogen-bond acceptors (Lipinski definition) is 5. The zero-order chi connectivity index (χ0) is 16.0. The molecule has 0 spiro atoms. The molecule has 0 saturated carbocycles. The molecule has 0 aliphatic heterocycles. The van der Waals surface area contributed by atoms with Crippen LogP contribution in [0.1, 0.15) is 6.92 Å². The minimum atomic E-state index is -3.59. The molecule has 3 N–H and O–H groups in total. The Balaban J connectivity index is 2.48. The van der Waals surface area contributed by atoms with E-state index in [2.05, 4.69) is 4.72 Å². The van der Waals surface area contributed by atoms with Gasteiger partial charge < -0.3 is 15.4 Å². The Morgan fingerprint density at radius 3 is 2.67 bits per heavy atom. The lowest BCUT2D eigenvalue weighted by Gasteiger charge is -2.18. The standard InChI is InChI=1S/C13H21N3O4S/c1-10(13(17)16(2)3)15-21(18,19)8-7-20-12-6-4-5-11(14)9-12/h4-6,9-10,15H,7-8,14H2,1-3H3. The van der Waals surface area contributed by atoms with E-state index in [1.165, 1.54) is 11.8 Å². The van der Waals surface area contributed by atoms with Gasteiger partial charge in [-0.1, -0.05) is 6.07 Å². The molecule has 8 heteroatoms. The number of likely N-dealkylation sites (N-methyl/N-ethyl adjacent to an activating group) is 1. The van der Waals surface area contributed by atoms with Crippen molar-refractivity contribution in [2.45, 2.75) is 13.0 Å². The largest absolute Gasteiger partial charge is 0.492 e. The minimum absolute atomic E-state index is 0.0261. The second-order valence-electron chi connectivity index (χ2n) is 4.81. The maximum atomic E-state index is 11.8. The summed E-state index contributed by atoms with van der Waals surface area (Å²) in [4.78, 5) is 12.9. The maximum Gasteiger partial charge on any atom is 0.239 e. The molecule has 0 aliphatic carbocycles. The summed E-state index contributed by atoms with van der Waals surface area (Å²) in [5.74, 6) is -0.0507. The van der Waals surface area contributed by atoms with Crippen LogP contribution in [-0.2, 0) is 14.8 Å². The van der Waals surface area contributed by atoms with Crippen LogP contribution in [0.3, 0.4) is 0 Å². The molecule has 21 heavy (non-hydrogen) atoms. The first-order valence-corrected chi connectivity index (χ1v) is 8.06. The second-order valence-corrected chi connectivity index (χ2v) is 6.69. The number of nitrogens with zero attached hydrogens (tertiary/aromatic N) is 1. The Labute approximate surface area is 125 Å². The van der Waals surface area contributed by atoms with Gasteiger partial charge in [0.25, 0.3) is 0 Å². The Hall–Kier alpha value is -1.80. The number of benzene rings is 1. The lowest BCUT2D eigenvalue weighted by molar-refractivity contribution is -0.130. The van der Waals surface area contributed by atoms with E-state index in [9.17, 15) is 13.2 Å². The Morgan fingerprint density at radius 1 is 1.43 bits per heavy atom. The number of anilines is 1. The van der Waals surface area contributed by atoms with E-state index >= 15 is 0 Å². The van der Waals surface area contributed by atoms with Crippen molar-refractivity contribution in [3.8, 4) is 5.75 Å². The summed E-state index contributed by atoms with van der Waals surface area (Å²) in [6, 6.07) is 5.92. The van der Waals surface area contributed by atoms with Crippen LogP contribution in [0.25, 0.3) is 0 Å². The molecule has 0 heterocycles. The van der Waals surface area contributed by atoms with Crippen LogP contribution in [0.2, 0.25) is 0 Å². The SMILES string of the molecule is CC(NS(=O)(=O)CCOc1cccc(N)c1)C(=O)N(C)C. The Morgan fingerprint density at radius 2 is 2.10 bits per heavy atom. The van der Waals surface area contributed by atoms with E-state index in [0.29, 0.717) is 11.4 Å². The molecule has 0 fully saturated rings. The van der Waals surface area contributed by atoms with Crippen LogP contribution < -0.4 is 15.2 Å². The van der Waals surface area contributed by atoms with Crippen molar-refractivity contribution in [2.75, 3.05) is 32.2 Å². The van der Waals surface area contributed by atoms with Gasteiger partial charge in [0.05, 0.1) is 11.8 Å². The maximum absolute atomic E-state index is 11.8. The molecule has 1 aromatic rings. The highest BCUT2D eigenvalue weighted by Crippen LogP contribution is 2.14. The fourth-order valence-corrected chi connectivity index (χ4v) is 2.70. The van der Waals surface area contributed by atoms with E-state index in [-0.39, 0.29) is 18.3 Å². The molecule has 1 unspecified atom stereocenters. The van der Waals surface area contributed by atoms with E-state index in [1.807, 2.05) is 0 Å². The molecular weight excluding hydrogens is 294 g/mol. The first-order valence-electron chi connectivity index (χ1n) is 6.41. The summed E-state index contributed by atoms with van der Waals surface area (Å²) in [6.07, 6.45) is 0. The number of carbonyl (C=O) groups excluding carboxylic acids is 1. The van der Waals surface area contributed by atoms with Gasteiger partial charge in [-0.05, 0) is 19.1 Å². The molecular formula is C13H21N3O4S. The van der Waals surface area contributed by atoms with E-state index in [1.54, 1.807) is 38.4 Å². The van der Waals surface area contributed by atoms with Crippen molar-refractivity contribution < 1.29 is 17.9 Å². The van der Waals surface area contributed by atoms with Crippen molar-refractivity contribution >= 4 is 21.6 Å². The molecule has 0 radical (unpaired) electrons. The van der Waals surface area contributed by atoms with E-state index < -0.39 is 16.1 Å². The number of nitrogen functional groups attached to an aromatic ring is 1. The quantitative estimate of drug-likeness (QED) is 0.692. The molecule has 1 amide bonds. The van der Waals surface area contributed by atoms with Gasteiger partial charge in [-0.3, -0.25) is 4.79 Å². The summed E-state index contributed by atoms with van der Waals surface area (Å²) < 4.78 is 31.3. The molecule has 0 aliphatic rings. The second kappa shape index (κ2) is 7.28. The van der Waals surface area contributed by atoms with Crippen LogP contribution in [-0.4, -0.2) is 51.7 Å². The third-order valence-corrected chi connectivity index (χ3v) is 4.06. The summed E-state index contributed by atoms with van der Waals surface area (Å²) in [5, 5.41) is 0. The molecule has 0 aromatic heterocycles. The zero-order valence-electron chi connectivity index (χ0n) is 12.4. The minimum Gasteiger partial charge on any atom is -0.492 e. The number of sulfonamides is 1. The predicted octanol–water partition coefficient (Wildman–Crippen LogP) is 0.0437. The van der Waals surface area contributed by atoms with Gasteiger partial charge in [-0.25, -0.2) is 13.1 Å². The summed E-state index contributed by atoms with van der Waals surface area (Å²) in [7, 11) is -0.462. The number of hydrogen-bond donors (Lipinski definition) is 2. The number of nitrogens with one attached hydrogen (secondary N) is 1. The molecule has 0 bridgehead atoms. The molecule has 0 saturated heterocycles. The van der Waals surface area contributed by atoms with E-state index in [0.717, 1.165) is 0 Å². The Kier molecular flexibility index (Phi) is 5.98. The van der Waals surface area contributed by atoms with Crippen molar-refractivity contribution in [1.29, 1.82) is 0 Å². The summed E-state index contributed by atoms with van der Waals surface area (Å²) in [6.45, 7) is 1.47. The highest BCUT2D eigenvalue weighted by atomic mass is 32.2. The topological polar surface area (TPSA) is 102 Å². The molecule has 7 nitrogen and oxygen atoms in total. The average molecular weight is 315 g/mol.